The first-order chi connectivity index (χ1) is 13.0. The third kappa shape index (κ3) is 5.22. The number of halogens is 3. The number of anilines is 1. The summed E-state index contributed by atoms with van der Waals surface area (Å²) < 4.78 is 44.5. The number of nitrogens with zero attached hydrogens (tertiary/aromatic N) is 2. The Kier molecular flexibility index (Phi) is 5.99. The van der Waals surface area contributed by atoms with Gasteiger partial charge in [-0.05, 0) is 29.3 Å². The molecule has 0 aromatic heterocycles. The van der Waals surface area contributed by atoms with Crippen molar-refractivity contribution in [2.75, 3.05) is 31.6 Å². The van der Waals surface area contributed by atoms with E-state index in [2.05, 4.69) is 16.3 Å². The third-order valence-corrected chi connectivity index (χ3v) is 4.44. The molecule has 0 spiro atoms. The summed E-state index contributed by atoms with van der Waals surface area (Å²) in [4.78, 5) is 2.31. The number of hydrogen-bond donors (Lipinski definition) is 1. The smallest absolute Gasteiger partial charge is 0.381 e. The molecule has 3 rings (SSSR count). The Morgan fingerprint density at radius 2 is 1.81 bits per heavy atom. The molecule has 0 atom stereocenters. The standard InChI is InChI=1S/C20H20F3N3O/c21-20(22,23)19-11-18(5-4-17(19)12-24)25-13-15-2-1-3-16(10-15)14-26-6-8-27-9-7-26/h1-5,10-11,25H,6-9,13-14H2. The van der Waals surface area contributed by atoms with Crippen molar-refractivity contribution in [1.82, 2.24) is 4.90 Å². The van der Waals surface area contributed by atoms with Crippen molar-refractivity contribution in [2.24, 2.45) is 0 Å². The predicted molar refractivity (Wildman–Crippen MR) is 96.0 cm³/mol. The van der Waals surface area contributed by atoms with E-state index in [1.165, 1.54) is 12.1 Å². The molecule has 1 saturated heterocycles. The zero-order chi connectivity index (χ0) is 19.3. The molecule has 142 valence electrons. The van der Waals surface area contributed by atoms with Gasteiger partial charge in [-0.15, -0.1) is 0 Å². The number of hydrogen-bond acceptors (Lipinski definition) is 4. The molecule has 0 amide bonds. The van der Waals surface area contributed by atoms with Crippen LogP contribution in [0.1, 0.15) is 22.3 Å². The zero-order valence-corrected chi connectivity index (χ0v) is 14.7. The number of ether oxygens (including phenoxy) is 1. The minimum absolute atomic E-state index is 0.333. The molecule has 0 bridgehead atoms. The Morgan fingerprint density at radius 3 is 2.52 bits per heavy atom. The van der Waals surface area contributed by atoms with Crippen LogP contribution in [0.5, 0.6) is 0 Å². The topological polar surface area (TPSA) is 48.3 Å². The van der Waals surface area contributed by atoms with Crippen LogP contribution >= 0.6 is 0 Å². The molecule has 1 N–H and O–H groups in total. The second-order valence-corrected chi connectivity index (χ2v) is 6.43. The van der Waals surface area contributed by atoms with Crippen molar-refractivity contribution >= 4 is 5.69 Å². The number of rotatable bonds is 5. The van der Waals surface area contributed by atoms with E-state index in [0.29, 0.717) is 12.2 Å². The molecule has 27 heavy (non-hydrogen) atoms. The minimum atomic E-state index is -4.55. The molecule has 2 aromatic carbocycles. The van der Waals surface area contributed by atoms with Crippen LogP contribution in [0.15, 0.2) is 42.5 Å². The Balaban J connectivity index is 1.66. The molecule has 4 nitrogen and oxygen atoms in total. The van der Waals surface area contributed by atoms with Crippen LogP contribution in [0.3, 0.4) is 0 Å². The largest absolute Gasteiger partial charge is 0.417 e. The van der Waals surface area contributed by atoms with Crippen molar-refractivity contribution in [3.63, 3.8) is 0 Å². The van der Waals surface area contributed by atoms with Gasteiger partial charge in [0.2, 0.25) is 0 Å². The maximum atomic E-state index is 13.1. The summed E-state index contributed by atoms with van der Waals surface area (Å²) in [6.07, 6.45) is -4.55. The molecule has 0 aliphatic carbocycles. The molecule has 0 unspecified atom stereocenters. The highest BCUT2D eigenvalue weighted by Crippen LogP contribution is 2.33. The molecule has 2 aromatic rings. The second-order valence-electron chi connectivity index (χ2n) is 6.43. The summed E-state index contributed by atoms with van der Waals surface area (Å²) >= 11 is 0. The molecule has 0 radical (unpaired) electrons. The SMILES string of the molecule is N#Cc1ccc(NCc2cccc(CN3CCOCC3)c2)cc1C(F)(F)F. The van der Waals surface area contributed by atoms with Crippen molar-refractivity contribution in [1.29, 1.82) is 5.26 Å². The van der Waals surface area contributed by atoms with E-state index < -0.39 is 11.7 Å². The lowest BCUT2D eigenvalue weighted by molar-refractivity contribution is -0.137. The number of nitriles is 1. The van der Waals surface area contributed by atoms with Gasteiger partial charge in [0, 0.05) is 31.9 Å². The van der Waals surface area contributed by atoms with Crippen LogP contribution in [0.4, 0.5) is 18.9 Å². The quantitative estimate of drug-likeness (QED) is 0.858. The van der Waals surface area contributed by atoms with Gasteiger partial charge in [0.05, 0.1) is 30.4 Å². The van der Waals surface area contributed by atoms with Gasteiger partial charge < -0.3 is 10.1 Å². The molecule has 1 aliphatic rings. The van der Waals surface area contributed by atoms with E-state index in [4.69, 9.17) is 10.00 Å². The fraction of sp³-hybridized carbons (Fsp3) is 0.350. The van der Waals surface area contributed by atoms with E-state index in [1.807, 2.05) is 18.2 Å². The molecular weight excluding hydrogens is 355 g/mol. The van der Waals surface area contributed by atoms with Crippen molar-refractivity contribution in [3.05, 3.63) is 64.7 Å². The molecular formula is C20H20F3N3O. The summed E-state index contributed by atoms with van der Waals surface area (Å²) in [6.45, 7) is 4.50. The first-order valence-corrected chi connectivity index (χ1v) is 8.69. The van der Waals surface area contributed by atoms with Gasteiger partial charge >= 0.3 is 6.18 Å². The van der Waals surface area contributed by atoms with Gasteiger partial charge in [-0.3, -0.25) is 4.90 Å². The number of benzene rings is 2. The zero-order valence-electron chi connectivity index (χ0n) is 14.7. The van der Waals surface area contributed by atoms with Crippen LogP contribution in [0.25, 0.3) is 0 Å². The lowest BCUT2D eigenvalue weighted by Gasteiger charge is -2.26. The lowest BCUT2D eigenvalue weighted by Crippen LogP contribution is -2.35. The number of alkyl halides is 3. The predicted octanol–water partition coefficient (Wildman–Crippen LogP) is 4.02. The summed E-state index contributed by atoms with van der Waals surface area (Å²) in [5.74, 6) is 0. The minimum Gasteiger partial charge on any atom is -0.381 e. The third-order valence-electron chi connectivity index (χ3n) is 4.44. The van der Waals surface area contributed by atoms with Crippen LogP contribution in [0, 0.1) is 11.3 Å². The maximum absolute atomic E-state index is 13.1. The monoisotopic (exact) mass is 375 g/mol. The molecule has 1 heterocycles. The summed E-state index contributed by atoms with van der Waals surface area (Å²) in [5, 5.41) is 11.9. The highest BCUT2D eigenvalue weighted by atomic mass is 19.4. The fourth-order valence-electron chi connectivity index (χ4n) is 3.05. The van der Waals surface area contributed by atoms with Gasteiger partial charge in [-0.25, -0.2) is 0 Å². The van der Waals surface area contributed by atoms with E-state index >= 15 is 0 Å². The van der Waals surface area contributed by atoms with Gasteiger partial charge in [-0.1, -0.05) is 24.3 Å². The Morgan fingerprint density at radius 1 is 1.07 bits per heavy atom. The van der Waals surface area contributed by atoms with E-state index in [0.717, 1.165) is 50.0 Å². The lowest BCUT2D eigenvalue weighted by atomic mass is 10.1. The highest BCUT2D eigenvalue weighted by molar-refractivity contribution is 5.53. The van der Waals surface area contributed by atoms with Crippen LogP contribution in [-0.2, 0) is 24.0 Å². The van der Waals surface area contributed by atoms with Crippen molar-refractivity contribution < 1.29 is 17.9 Å². The van der Waals surface area contributed by atoms with Crippen molar-refractivity contribution in [2.45, 2.75) is 19.3 Å². The normalized spacial score (nSPS) is 15.3. The van der Waals surface area contributed by atoms with Gasteiger partial charge in [-0.2, -0.15) is 18.4 Å². The van der Waals surface area contributed by atoms with Gasteiger partial charge in [0.1, 0.15) is 0 Å². The molecule has 0 saturated carbocycles. The van der Waals surface area contributed by atoms with Gasteiger partial charge in [0.15, 0.2) is 0 Å². The first kappa shape index (κ1) is 19.2. The average molecular weight is 375 g/mol. The van der Waals surface area contributed by atoms with E-state index in [9.17, 15) is 13.2 Å². The van der Waals surface area contributed by atoms with Crippen LogP contribution in [-0.4, -0.2) is 31.2 Å². The molecule has 7 heteroatoms. The number of nitrogens with one attached hydrogen (secondary N) is 1. The Hall–Kier alpha value is -2.56. The van der Waals surface area contributed by atoms with Gasteiger partial charge in [0.25, 0.3) is 0 Å². The maximum Gasteiger partial charge on any atom is 0.417 e. The first-order valence-electron chi connectivity index (χ1n) is 8.69. The summed E-state index contributed by atoms with van der Waals surface area (Å²) in [6, 6.07) is 13.2. The van der Waals surface area contributed by atoms with Crippen LogP contribution in [0.2, 0.25) is 0 Å². The van der Waals surface area contributed by atoms with Crippen LogP contribution < -0.4 is 5.32 Å². The summed E-state index contributed by atoms with van der Waals surface area (Å²) in [5.41, 5.74) is 1.18. The second kappa shape index (κ2) is 8.42. The Labute approximate surface area is 156 Å². The van der Waals surface area contributed by atoms with Crippen molar-refractivity contribution in [3.8, 4) is 6.07 Å². The highest BCUT2D eigenvalue weighted by Gasteiger charge is 2.33. The summed E-state index contributed by atoms with van der Waals surface area (Å²) in [7, 11) is 0. The molecule has 1 fully saturated rings. The average Bonchev–Trinajstić information content (AvgIpc) is 2.66. The number of morpholine rings is 1. The fourth-order valence-corrected chi connectivity index (χ4v) is 3.05. The van der Waals surface area contributed by atoms with E-state index in [-0.39, 0.29) is 5.56 Å². The molecule has 1 aliphatic heterocycles. The Bertz CT molecular complexity index is 824. The van der Waals surface area contributed by atoms with E-state index in [1.54, 1.807) is 6.07 Å².